The second-order valence-corrected chi connectivity index (χ2v) is 7.82. The largest absolute Gasteiger partial charge is 0.235 e. The Balaban J connectivity index is 1.94. The molecule has 1 heterocycles. The van der Waals surface area contributed by atoms with Gasteiger partial charge >= 0.3 is 0 Å². The number of rotatable bonds is 0. The van der Waals surface area contributed by atoms with Gasteiger partial charge in [-0.05, 0) is 40.0 Å². The molecule has 3 atom stereocenters. The molecule has 1 fully saturated rings. The van der Waals surface area contributed by atoms with Gasteiger partial charge in [0.15, 0.2) is 0 Å². The van der Waals surface area contributed by atoms with E-state index in [9.17, 15) is 0 Å². The third kappa shape index (κ3) is 2.49. The molecule has 2 aromatic rings. The summed E-state index contributed by atoms with van der Waals surface area (Å²) in [5, 5.41) is 0. The van der Waals surface area contributed by atoms with Gasteiger partial charge in [-0.1, -0.05) is 69.3 Å². The third-order valence-corrected chi connectivity index (χ3v) is 5.35. The van der Waals surface area contributed by atoms with Crippen LogP contribution >= 0.6 is 0 Å². The molecule has 3 N–H and O–H groups in total. The predicted octanol–water partition coefficient (Wildman–Crippen LogP) is 3.77. The molecule has 0 amide bonds. The van der Waals surface area contributed by atoms with Crippen molar-refractivity contribution in [1.29, 1.82) is 0 Å². The molecule has 1 saturated heterocycles. The van der Waals surface area contributed by atoms with E-state index in [1.54, 1.807) is 0 Å². The first-order chi connectivity index (χ1) is 11.1. The number of benzene rings is 2. The molecule has 1 aliphatic carbocycles. The van der Waals surface area contributed by atoms with E-state index in [0.29, 0.717) is 5.92 Å². The van der Waals surface area contributed by atoms with Gasteiger partial charge in [0.25, 0.3) is 0 Å². The average Bonchev–Trinajstić information content (AvgIpc) is 2.99. The van der Waals surface area contributed by atoms with Crippen LogP contribution in [0.4, 0.5) is 0 Å². The minimum absolute atomic E-state index is 0.218. The first kappa shape index (κ1) is 14.9. The van der Waals surface area contributed by atoms with Crippen molar-refractivity contribution in [1.82, 2.24) is 16.4 Å². The van der Waals surface area contributed by atoms with Gasteiger partial charge in [0, 0.05) is 0 Å². The Morgan fingerprint density at radius 2 is 1.35 bits per heavy atom. The van der Waals surface area contributed by atoms with Crippen molar-refractivity contribution in [2.75, 3.05) is 0 Å². The van der Waals surface area contributed by atoms with E-state index < -0.39 is 0 Å². The van der Waals surface area contributed by atoms with Crippen molar-refractivity contribution in [3.05, 3.63) is 70.8 Å². The van der Waals surface area contributed by atoms with Crippen LogP contribution in [-0.4, -0.2) is 0 Å². The summed E-state index contributed by atoms with van der Waals surface area (Å²) >= 11 is 0. The number of fused-ring (bicyclic) bond motifs is 5. The van der Waals surface area contributed by atoms with Crippen molar-refractivity contribution in [2.45, 2.75) is 45.2 Å². The molecule has 3 nitrogen and oxygen atoms in total. The zero-order valence-electron chi connectivity index (χ0n) is 14.1. The molecule has 0 spiro atoms. The summed E-state index contributed by atoms with van der Waals surface area (Å²) in [5.41, 5.74) is 16.0. The highest BCUT2D eigenvalue weighted by atomic mass is 15.7. The molecule has 0 saturated carbocycles. The number of hydrogen-bond donors (Lipinski definition) is 3. The molecule has 0 aromatic heterocycles. The second-order valence-electron chi connectivity index (χ2n) is 7.82. The summed E-state index contributed by atoms with van der Waals surface area (Å²) < 4.78 is 0. The van der Waals surface area contributed by atoms with Crippen LogP contribution in [0.25, 0.3) is 0 Å². The van der Waals surface area contributed by atoms with Crippen LogP contribution in [0.1, 0.15) is 61.0 Å². The van der Waals surface area contributed by atoms with E-state index in [4.69, 9.17) is 0 Å². The fourth-order valence-corrected chi connectivity index (χ4v) is 4.12. The van der Waals surface area contributed by atoms with Gasteiger partial charge in [-0.25, -0.2) is 10.9 Å². The van der Waals surface area contributed by atoms with Crippen LogP contribution in [-0.2, 0) is 6.42 Å². The molecule has 1 aliphatic heterocycles. The molecule has 0 bridgehead atoms. The van der Waals surface area contributed by atoms with Crippen LogP contribution in [0, 0.1) is 5.41 Å². The van der Waals surface area contributed by atoms with E-state index in [2.05, 4.69) is 85.7 Å². The summed E-state index contributed by atoms with van der Waals surface area (Å²) in [6.45, 7) is 7.07. The van der Waals surface area contributed by atoms with Crippen molar-refractivity contribution in [2.24, 2.45) is 5.41 Å². The maximum Gasteiger partial charge on any atom is 0.0687 e. The van der Waals surface area contributed by atoms with Crippen LogP contribution in [0.15, 0.2) is 48.5 Å². The first-order valence-electron chi connectivity index (χ1n) is 8.48. The summed E-state index contributed by atoms with van der Waals surface area (Å²) in [7, 11) is 0. The van der Waals surface area contributed by atoms with Gasteiger partial charge < -0.3 is 0 Å². The molecule has 0 radical (unpaired) electrons. The van der Waals surface area contributed by atoms with Gasteiger partial charge in [0.1, 0.15) is 0 Å². The zero-order chi connectivity index (χ0) is 16.0. The topological polar surface area (TPSA) is 36.1 Å². The molecule has 2 aromatic carbocycles. The van der Waals surface area contributed by atoms with Gasteiger partial charge in [0.2, 0.25) is 0 Å². The Morgan fingerprint density at radius 1 is 0.783 bits per heavy atom. The van der Waals surface area contributed by atoms with Gasteiger partial charge in [-0.2, -0.15) is 5.53 Å². The second kappa shape index (κ2) is 5.45. The lowest BCUT2D eigenvalue weighted by Crippen LogP contribution is -2.31. The lowest BCUT2D eigenvalue weighted by atomic mass is 9.68. The zero-order valence-corrected chi connectivity index (χ0v) is 14.1. The fourth-order valence-electron chi connectivity index (χ4n) is 4.12. The van der Waals surface area contributed by atoms with Crippen LogP contribution in [0.2, 0.25) is 0 Å². The summed E-state index contributed by atoms with van der Waals surface area (Å²) in [4.78, 5) is 0. The first-order valence-corrected chi connectivity index (χ1v) is 8.48. The summed E-state index contributed by atoms with van der Waals surface area (Å²) in [6.07, 6.45) is 1.08. The lowest BCUT2D eigenvalue weighted by Gasteiger charge is -2.37. The van der Waals surface area contributed by atoms with Crippen molar-refractivity contribution in [3.63, 3.8) is 0 Å². The molecule has 2 aliphatic rings. The van der Waals surface area contributed by atoms with E-state index in [1.807, 2.05) is 0 Å². The molecule has 3 heteroatoms. The summed E-state index contributed by atoms with van der Waals surface area (Å²) in [5.74, 6) is 0.503. The Bertz CT molecular complexity index is 717. The van der Waals surface area contributed by atoms with E-state index in [0.717, 1.165) is 6.42 Å². The SMILES string of the molecule is CC(C)(C)C1Cc2ccccc2C2NNNC2c2ccccc21. The molecule has 23 heavy (non-hydrogen) atoms. The maximum atomic E-state index is 3.43. The number of hydrazine groups is 2. The standard InChI is InChI=1S/C20H25N3/c1-20(2,3)17-12-13-8-4-5-9-14(13)18-19(22-23-21-18)16-11-7-6-10-15(16)17/h4-11,17-19,21-23H,12H2,1-3H3. The van der Waals surface area contributed by atoms with Crippen molar-refractivity contribution >= 4 is 0 Å². The highest BCUT2D eigenvalue weighted by Gasteiger charge is 2.38. The highest BCUT2D eigenvalue weighted by Crippen LogP contribution is 2.46. The number of hydrogen-bond acceptors (Lipinski definition) is 3. The molecular weight excluding hydrogens is 282 g/mol. The highest BCUT2D eigenvalue weighted by molar-refractivity contribution is 5.43. The van der Waals surface area contributed by atoms with Crippen LogP contribution in [0.3, 0.4) is 0 Å². The lowest BCUT2D eigenvalue weighted by molar-refractivity contribution is 0.310. The quantitative estimate of drug-likeness (QED) is 0.693. The van der Waals surface area contributed by atoms with Crippen molar-refractivity contribution in [3.8, 4) is 0 Å². The molecule has 120 valence electrons. The Labute approximate surface area is 138 Å². The Morgan fingerprint density at radius 3 is 2.04 bits per heavy atom. The Kier molecular flexibility index (Phi) is 3.52. The van der Waals surface area contributed by atoms with Gasteiger partial charge in [0.05, 0.1) is 12.1 Å². The molecule has 4 rings (SSSR count). The van der Waals surface area contributed by atoms with Crippen molar-refractivity contribution < 1.29 is 0 Å². The molecule has 3 unspecified atom stereocenters. The third-order valence-electron chi connectivity index (χ3n) is 5.35. The summed E-state index contributed by atoms with van der Waals surface area (Å²) in [6, 6.07) is 18.3. The van der Waals surface area contributed by atoms with E-state index in [-0.39, 0.29) is 17.5 Å². The monoisotopic (exact) mass is 307 g/mol. The average molecular weight is 307 g/mol. The minimum atomic E-state index is 0.218. The number of nitrogens with one attached hydrogen (secondary N) is 3. The van der Waals surface area contributed by atoms with Crippen LogP contribution in [0.5, 0.6) is 0 Å². The van der Waals surface area contributed by atoms with Gasteiger partial charge in [-0.15, -0.1) is 0 Å². The predicted molar refractivity (Wildman–Crippen MR) is 93.7 cm³/mol. The van der Waals surface area contributed by atoms with Crippen LogP contribution < -0.4 is 16.4 Å². The van der Waals surface area contributed by atoms with Gasteiger partial charge in [-0.3, -0.25) is 0 Å². The van der Waals surface area contributed by atoms with E-state index in [1.165, 1.54) is 22.3 Å². The maximum absolute atomic E-state index is 3.43. The fraction of sp³-hybridized carbons (Fsp3) is 0.400. The minimum Gasteiger partial charge on any atom is -0.235 e. The Hall–Kier alpha value is -1.68. The van der Waals surface area contributed by atoms with E-state index >= 15 is 0 Å². The normalized spacial score (nSPS) is 26.7. The smallest absolute Gasteiger partial charge is 0.0687 e. The molecular formula is C20H25N3.